The molecule has 2 aromatic carbocycles. The van der Waals surface area contributed by atoms with Crippen LogP contribution in [0.3, 0.4) is 0 Å². The van der Waals surface area contributed by atoms with Gasteiger partial charge in [-0.15, -0.1) is 5.10 Å². The largest absolute Gasteiger partial charge is 0.427 e. The summed E-state index contributed by atoms with van der Waals surface area (Å²) in [7, 11) is 0. The van der Waals surface area contributed by atoms with E-state index < -0.39 is 5.97 Å². The zero-order valence-corrected chi connectivity index (χ0v) is 21.4. The Bertz CT molecular complexity index is 1740. The standard InChI is InChI=1S/C26H19Cl2N7O3/c1-14(36)38-19-4-2-3-15(10-19)24-25(28)31-26(30-24)22-8-6-18-9-16(11-23(37)35(18)22)20-12-17(27)5-7-21(20)34-13-29-32-33-34/h2-5,7,9-13,22H,6,8H2,1H3,(H,30,31)/t22-/m0/s1. The third-order valence-corrected chi connectivity index (χ3v) is 6.87. The third-order valence-electron chi connectivity index (χ3n) is 6.36. The van der Waals surface area contributed by atoms with Crippen LogP contribution in [0.2, 0.25) is 10.2 Å². The number of tetrazole rings is 1. The Labute approximate surface area is 225 Å². The van der Waals surface area contributed by atoms with Crippen molar-refractivity contribution in [1.82, 2.24) is 34.7 Å². The number of fused-ring (bicyclic) bond motifs is 1. The molecule has 0 radical (unpaired) electrons. The van der Waals surface area contributed by atoms with Gasteiger partial charge in [0.15, 0.2) is 0 Å². The molecule has 0 spiro atoms. The van der Waals surface area contributed by atoms with Crippen LogP contribution in [0.15, 0.2) is 65.7 Å². The van der Waals surface area contributed by atoms with Crippen molar-refractivity contribution in [3.63, 3.8) is 0 Å². The maximum atomic E-state index is 13.4. The Kier molecular flexibility index (Phi) is 6.05. The summed E-state index contributed by atoms with van der Waals surface area (Å²) in [6.45, 7) is 1.34. The van der Waals surface area contributed by atoms with E-state index in [1.807, 2.05) is 18.2 Å². The highest BCUT2D eigenvalue weighted by Gasteiger charge is 2.29. The van der Waals surface area contributed by atoms with E-state index in [1.54, 1.807) is 41.0 Å². The summed E-state index contributed by atoms with van der Waals surface area (Å²) >= 11 is 12.8. The van der Waals surface area contributed by atoms with Crippen molar-refractivity contribution >= 4 is 29.2 Å². The molecule has 0 unspecified atom stereocenters. The van der Waals surface area contributed by atoms with Crippen molar-refractivity contribution in [1.29, 1.82) is 0 Å². The van der Waals surface area contributed by atoms with E-state index in [0.717, 1.165) is 16.8 Å². The second-order valence-electron chi connectivity index (χ2n) is 8.82. The van der Waals surface area contributed by atoms with E-state index in [9.17, 15) is 9.59 Å². The quantitative estimate of drug-likeness (QED) is 0.251. The van der Waals surface area contributed by atoms with Gasteiger partial charge >= 0.3 is 5.97 Å². The SMILES string of the molecule is CC(=O)Oc1cccc(-c2nc([C@@H]3CCc4cc(-c5cc(Cl)ccc5-n5cnnn5)cc(=O)n43)[nH]c2Cl)c1. The highest BCUT2D eigenvalue weighted by Crippen LogP contribution is 2.36. The fourth-order valence-electron chi connectivity index (χ4n) is 4.81. The number of halogens is 2. The van der Waals surface area contributed by atoms with Crippen LogP contribution >= 0.6 is 23.2 Å². The maximum Gasteiger partial charge on any atom is 0.308 e. The van der Waals surface area contributed by atoms with E-state index in [-0.39, 0.29) is 11.6 Å². The molecule has 0 fully saturated rings. The zero-order chi connectivity index (χ0) is 26.4. The predicted molar refractivity (Wildman–Crippen MR) is 141 cm³/mol. The Hall–Kier alpha value is -4.28. The number of pyridine rings is 1. The molecule has 0 saturated carbocycles. The van der Waals surface area contributed by atoms with Crippen LogP contribution in [-0.4, -0.2) is 40.7 Å². The molecule has 4 heterocycles. The molecule has 1 atom stereocenters. The van der Waals surface area contributed by atoms with E-state index >= 15 is 0 Å². The average Bonchev–Trinajstić information content (AvgIpc) is 3.64. The summed E-state index contributed by atoms with van der Waals surface area (Å²) in [4.78, 5) is 32.7. The van der Waals surface area contributed by atoms with Gasteiger partial charge in [-0.2, -0.15) is 4.68 Å². The first-order valence-corrected chi connectivity index (χ1v) is 12.5. The van der Waals surface area contributed by atoms with Gasteiger partial charge in [-0.25, -0.2) is 4.98 Å². The fourth-order valence-corrected chi connectivity index (χ4v) is 5.23. The fraction of sp³-hybridized carbons (Fsp3) is 0.154. The number of esters is 1. The van der Waals surface area contributed by atoms with Crippen molar-refractivity contribution in [3.8, 4) is 33.8 Å². The molecular formula is C26H19Cl2N7O3. The summed E-state index contributed by atoms with van der Waals surface area (Å²) in [5.74, 6) is 0.557. The van der Waals surface area contributed by atoms with Crippen LogP contribution in [-0.2, 0) is 11.2 Å². The number of imidazole rings is 1. The molecule has 0 aliphatic carbocycles. The number of aromatic amines is 1. The molecule has 38 heavy (non-hydrogen) atoms. The Balaban J connectivity index is 1.37. The number of nitrogens with one attached hydrogen (secondary N) is 1. The summed E-state index contributed by atoms with van der Waals surface area (Å²) in [5, 5.41) is 12.3. The summed E-state index contributed by atoms with van der Waals surface area (Å²) in [5.41, 5.74) is 4.06. The first kappa shape index (κ1) is 24.1. The van der Waals surface area contributed by atoms with Crippen LogP contribution in [0.1, 0.15) is 30.9 Å². The van der Waals surface area contributed by atoms with Crippen molar-refractivity contribution in [2.75, 3.05) is 0 Å². The minimum absolute atomic E-state index is 0.173. The van der Waals surface area contributed by atoms with E-state index in [4.69, 9.17) is 32.9 Å². The molecule has 1 aliphatic heterocycles. The lowest BCUT2D eigenvalue weighted by atomic mass is 10.0. The molecule has 3 aromatic heterocycles. The number of hydrogen-bond donors (Lipinski definition) is 1. The lowest BCUT2D eigenvalue weighted by Gasteiger charge is -2.15. The zero-order valence-electron chi connectivity index (χ0n) is 19.9. The van der Waals surface area contributed by atoms with Crippen LogP contribution in [0.5, 0.6) is 5.75 Å². The number of hydrogen-bond acceptors (Lipinski definition) is 7. The van der Waals surface area contributed by atoms with Gasteiger partial charge in [-0.3, -0.25) is 9.59 Å². The number of benzene rings is 2. The van der Waals surface area contributed by atoms with E-state index in [0.29, 0.717) is 51.5 Å². The van der Waals surface area contributed by atoms with Gasteiger partial charge in [0.1, 0.15) is 28.7 Å². The monoisotopic (exact) mass is 547 g/mol. The van der Waals surface area contributed by atoms with Crippen LogP contribution in [0, 0.1) is 0 Å². The molecule has 1 aliphatic rings. The van der Waals surface area contributed by atoms with Crippen molar-refractivity contribution in [2.24, 2.45) is 0 Å². The number of carbonyl (C=O) groups excluding carboxylic acids is 1. The maximum absolute atomic E-state index is 13.4. The van der Waals surface area contributed by atoms with Crippen LogP contribution < -0.4 is 10.3 Å². The number of ether oxygens (including phenoxy) is 1. The normalized spacial score (nSPS) is 14.4. The third kappa shape index (κ3) is 4.37. The van der Waals surface area contributed by atoms with Crippen LogP contribution in [0.25, 0.3) is 28.1 Å². The van der Waals surface area contributed by atoms with Gasteiger partial charge in [0, 0.05) is 34.8 Å². The van der Waals surface area contributed by atoms with Crippen molar-refractivity contribution < 1.29 is 9.53 Å². The lowest BCUT2D eigenvalue weighted by molar-refractivity contribution is -0.131. The van der Waals surface area contributed by atoms with E-state index in [1.165, 1.54) is 17.9 Å². The highest BCUT2D eigenvalue weighted by molar-refractivity contribution is 6.32. The molecule has 1 N–H and O–H groups in total. The molecule has 0 bridgehead atoms. The van der Waals surface area contributed by atoms with E-state index in [2.05, 4.69) is 20.5 Å². The number of aromatic nitrogens is 7. The minimum atomic E-state index is -0.417. The van der Waals surface area contributed by atoms with Crippen molar-refractivity contribution in [2.45, 2.75) is 25.8 Å². The molecule has 10 nitrogen and oxygen atoms in total. The molecule has 12 heteroatoms. The molecule has 0 saturated heterocycles. The first-order valence-electron chi connectivity index (χ1n) is 11.7. The second-order valence-corrected chi connectivity index (χ2v) is 9.63. The molecule has 0 amide bonds. The van der Waals surface area contributed by atoms with Gasteiger partial charge in [-0.1, -0.05) is 35.3 Å². The van der Waals surface area contributed by atoms with Crippen molar-refractivity contribution in [3.05, 3.63) is 93.0 Å². The highest BCUT2D eigenvalue weighted by atomic mass is 35.5. The number of rotatable bonds is 5. The van der Waals surface area contributed by atoms with Gasteiger partial charge in [0.2, 0.25) is 0 Å². The topological polar surface area (TPSA) is 121 Å². The molecule has 6 rings (SSSR count). The predicted octanol–water partition coefficient (Wildman–Crippen LogP) is 4.65. The number of aryl methyl sites for hydroxylation is 1. The second kappa shape index (κ2) is 9.55. The molecular weight excluding hydrogens is 529 g/mol. The molecule has 190 valence electrons. The van der Waals surface area contributed by atoms with Gasteiger partial charge in [0.25, 0.3) is 5.56 Å². The summed E-state index contributed by atoms with van der Waals surface area (Å²) in [6, 6.07) is 15.6. The minimum Gasteiger partial charge on any atom is -0.427 e. The van der Waals surface area contributed by atoms with Gasteiger partial charge in [0.05, 0.1) is 11.7 Å². The summed E-state index contributed by atoms with van der Waals surface area (Å²) < 4.78 is 8.45. The lowest BCUT2D eigenvalue weighted by Crippen LogP contribution is -2.24. The Morgan fingerprint density at radius 1 is 1.11 bits per heavy atom. The van der Waals surface area contributed by atoms with Gasteiger partial charge < -0.3 is 14.3 Å². The number of H-pyrrole nitrogens is 1. The Morgan fingerprint density at radius 2 is 1.97 bits per heavy atom. The smallest absolute Gasteiger partial charge is 0.308 e. The average molecular weight is 548 g/mol. The van der Waals surface area contributed by atoms with Gasteiger partial charge in [-0.05, 0) is 65.2 Å². The number of carbonyl (C=O) groups is 1. The molecule has 5 aromatic rings. The van der Waals surface area contributed by atoms with Crippen LogP contribution in [0.4, 0.5) is 0 Å². The Morgan fingerprint density at radius 3 is 2.76 bits per heavy atom. The summed E-state index contributed by atoms with van der Waals surface area (Å²) in [6.07, 6.45) is 2.83. The first-order chi connectivity index (χ1) is 18.4. The number of nitrogens with zero attached hydrogens (tertiary/aromatic N) is 6.